The van der Waals surface area contributed by atoms with Crippen LogP contribution in [0, 0.1) is 11.8 Å². The van der Waals surface area contributed by atoms with Crippen LogP contribution in [0.15, 0.2) is 0 Å². The number of amides is 1. The van der Waals surface area contributed by atoms with E-state index in [2.05, 4.69) is 10.6 Å². The molecular weight excluding hydrogens is 228 g/mol. The molecule has 0 aromatic heterocycles. The Hall–Kier alpha value is -0.320. The lowest BCUT2D eigenvalue weighted by atomic mass is 10.1. The molecule has 4 nitrogen and oxygen atoms in total. The van der Waals surface area contributed by atoms with Crippen LogP contribution in [0.4, 0.5) is 0 Å². The van der Waals surface area contributed by atoms with Crippen molar-refractivity contribution in [1.29, 1.82) is 0 Å². The normalized spacial score (nSPS) is 23.9. The van der Waals surface area contributed by atoms with Gasteiger partial charge in [-0.05, 0) is 31.7 Å². The Bertz CT molecular complexity index is 216. The summed E-state index contributed by atoms with van der Waals surface area (Å²) in [6.45, 7) is 3.98. The molecule has 0 aromatic carbocycles. The van der Waals surface area contributed by atoms with Gasteiger partial charge in [0.2, 0.25) is 5.91 Å². The van der Waals surface area contributed by atoms with Gasteiger partial charge in [0.25, 0.3) is 0 Å². The van der Waals surface area contributed by atoms with Crippen molar-refractivity contribution in [3.8, 4) is 0 Å². The SMILES string of the molecule is Cl.O=C(NCCOCC1CC1)[C@@H]1CCNC1. The summed E-state index contributed by atoms with van der Waals surface area (Å²) in [5.41, 5.74) is 0. The van der Waals surface area contributed by atoms with Crippen molar-refractivity contribution < 1.29 is 9.53 Å². The minimum atomic E-state index is 0. The monoisotopic (exact) mass is 248 g/mol. The van der Waals surface area contributed by atoms with Crippen molar-refractivity contribution in [2.24, 2.45) is 11.8 Å². The molecule has 2 aliphatic rings. The summed E-state index contributed by atoms with van der Waals surface area (Å²) < 4.78 is 5.44. The number of hydrogen-bond acceptors (Lipinski definition) is 3. The highest BCUT2D eigenvalue weighted by Crippen LogP contribution is 2.28. The second-order valence-electron chi connectivity index (χ2n) is 4.50. The molecule has 2 rings (SSSR count). The molecule has 1 aliphatic carbocycles. The molecular formula is C11H21ClN2O2. The maximum Gasteiger partial charge on any atom is 0.224 e. The maximum absolute atomic E-state index is 11.5. The highest BCUT2D eigenvalue weighted by molar-refractivity contribution is 5.85. The second-order valence-corrected chi connectivity index (χ2v) is 4.50. The smallest absolute Gasteiger partial charge is 0.224 e. The van der Waals surface area contributed by atoms with Crippen molar-refractivity contribution in [3.63, 3.8) is 0 Å². The molecule has 2 fully saturated rings. The molecule has 0 spiro atoms. The minimum absolute atomic E-state index is 0. The molecule has 1 saturated carbocycles. The molecule has 1 saturated heterocycles. The first kappa shape index (κ1) is 13.7. The van der Waals surface area contributed by atoms with Gasteiger partial charge in [0, 0.05) is 19.7 Å². The van der Waals surface area contributed by atoms with E-state index >= 15 is 0 Å². The van der Waals surface area contributed by atoms with Gasteiger partial charge in [-0.25, -0.2) is 0 Å². The Morgan fingerprint density at radius 3 is 2.81 bits per heavy atom. The largest absolute Gasteiger partial charge is 0.379 e. The van der Waals surface area contributed by atoms with Crippen molar-refractivity contribution in [2.45, 2.75) is 19.3 Å². The fourth-order valence-corrected chi connectivity index (χ4v) is 1.80. The van der Waals surface area contributed by atoms with Crippen molar-refractivity contribution in [2.75, 3.05) is 32.8 Å². The van der Waals surface area contributed by atoms with Gasteiger partial charge in [-0.3, -0.25) is 4.79 Å². The van der Waals surface area contributed by atoms with Crippen LogP contribution < -0.4 is 10.6 Å². The molecule has 0 radical (unpaired) electrons. The van der Waals surface area contributed by atoms with E-state index in [4.69, 9.17) is 4.74 Å². The summed E-state index contributed by atoms with van der Waals surface area (Å²) >= 11 is 0. The van der Waals surface area contributed by atoms with Gasteiger partial charge < -0.3 is 15.4 Å². The van der Waals surface area contributed by atoms with Crippen LogP contribution in [0.25, 0.3) is 0 Å². The van der Waals surface area contributed by atoms with Crippen LogP contribution in [0.1, 0.15) is 19.3 Å². The zero-order valence-electron chi connectivity index (χ0n) is 9.54. The summed E-state index contributed by atoms with van der Waals surface area (Å²) in [5.74, 6) is 1.16. The van der Waals surface area contributed by atoms with Gasteiger partial charge >= 0.3 is 0 Å². The zero-order valence-corrected chi connectivity index (χ0v) is 10.4. The summed E-state index contributed by atoms with van der Waals surface area (Å²) in [6.07, 6.45) is 3.61. The molecule has 5 heteroatoms. The Morgan fingerprint density at radius 1 is 1.38 bits per heavy atom. The number of halogens is 1. The van der Waals surface area contributed by atoms with E-state index in [0.29, 0.717) is 13.2 Å². The van der Waals surface area contributed by atoms with E-state index in [0.717, 1.165) is 32.0 Å². The van der Waals surface area contributed by atoms with Gasteiger partial charge in [0.05, 0.1) is 12.5 Å². The molecule has 1 heterocycles. The summed E-state index contributed by atoms with van der Waals surface area (Å²) in [7, 11) is 0. The lowest BCUT2D eigenvalue weighted by molar-refractivity contribution is -0.124. The van der Waals surface area contributed by atoms with Crippen LogP contribution in [0.2, 0.25) is 0 Å². The van der Waals surface area contributed by atoms with Crippen molar-refractivity contribution in [1.82, 2.24) is 10.6 Å². The van der Waals surface area contributed by atoms with E-state index in [1.165, 1.54) is 12.8 Å². The first-order valence-corrected chi connectivity index (χ1v) is 5.92. The number of carbonyl (C=O) groups is 1. The average Bonchev–Trinajstić information content (AvgIpc) is 2.90. The predicted molar refractivity (Wildman–Crippen MR) is 64.8 cm³/mol. The lowest BCUT2D eigenvalue weighted by Gasteiger charge is -2.09. The molecule has 1 amide bonds. The van der Waals surface area contributed by atoms with E-state index in [1.54, 1.807) is 0 Å². The predicted octanol–water partition coefficient (Wildman–Crippen LogP) is 0.560. The number of rotatable bonds is 6. The number of carbonyl (C=O) groups excluding carboxylic acids is 1. The van der Waals surface area contributed by atoms with E-state index in [-0.39, 0.29) is 24.2 Å². The Morgan fingerprint density at radius 2 is 2.19 bits per heavy atom. The molecule has 0 aromatic rings. The number of nitrogens with one attached hydrogen (secondary N) is 2. The van der Waals surface area contributed by atoms with Crippen LogP contribution >= 0.6 is 12.4 Å². The highest BCUT2D eigenvalue weighted by atomic mass is 35.5. The highest BCUT2D eigenvalue weighted by Gasteiger charge is 2.22. The van der Waals surface area contributed by atoms with E-state index < -0.39 is 0 Å². The number of hydrogen-bond donors (Lipinski definition) is 2. The van der Waals surface area contributed by atoms with Gasteiger partial charge in [-0.2, -0.15) is 0 Å². The van der Waals surface area contributed by atoms with Crippen LogP contribution in [0.3, 0.4) is 0 Å². The quantitative estimate of drug-likeness (QED) is 0.676. The lowest BCUT2D eigenvalue weighted by Crippen LogP contribution is -2.34. The third-order valence-electron chi connectivity index (χ3n) is 3.03. The van der Waals surface area contributed by atoms with Gasteiger partial charge in [-0.1, -0.05) is 0 Å². The summed E-state index contributed by atoms with van der Waals surface area (Å²) in [6, 6.07) is 0. The average molecular weight is 249 g/mol. The van der Waals surface area contributed by atoms with Crippen LogP contribution in [-0.2, 0) is 9.53 Å². The van der Waals surface area contributed by atoms with Gasteiger partial charge in [-0.15, -0.1) is 12.4 Å². The van der Waals surface area contributed by atoms with Crippen molar-refractivity contribution >= 4 is 18.3 Å². The molecule has 94 valence electrons. The second kappa shape index (κ2) is 7.09. The van der Waals surface area contributed by atoms with Crippen LogP contribution in [-0.4, -0.2) is 38.8 Å². The Kier molecular flexibility index (Phi) is 6.09. The topological polar surface area (TPSA) is 50.4 Å². The Labute approximate surface area is 103 Å². The molecule has 1 aliphatic heterocycles. The third-order valence-corrected chi connectivity index (χ3v) is 3.03. The maximum atomic E-state index is 11.5. The molecule has 2 N–H and O–H groups in total. The first-order valence-electron chi connectivity index (χ1n) is 5.92. The summed E-state index contributed by atoms with van der Waals surface area (Å²) in [5, 5.41) is 6.10. The van der Waals surface area contributed by atoms with E-state index in [1.807, 2.05) is 0 Å². The Balaban J connectivity index is 0.00000128. The van der Waals surface area contributed by atoms with Crippen molar-refractivity contribution in [3.05, 3.63) is 0 Å². The standard InChI is InChI=1S/C11H20N2O2.ClH/c14-11(10-3-4-12-7-10)13-5-6-15-8-9-1-2-9;/h9-10,12H,1-8H2,(H,13,14);1H/t10-;/m1./s1. The molecule has 1 atom stereocenters. The number of ether oxygens (including phenoxy) is 1. The van der Waals surface area contributed by atoms with Crippen LogP contribution in [0.5, 0.6) is 0 Å². The van der Waals surface area contributed by atoms with Gasteiger partial charge in [0.15, 0.2) is 0 Å². The summed E-state index contributed by atoms with van der Waals surface area (Å²) in [4.78, 5) is 11.5. The fraction of sp³-hybridized carbons (Fsp3) is 0.909. The minimum Gasteiger partial charge on any atom is -0.379 e. The van der Waals surface area contributed by atoms with E-state index in [9.17, 15) is 4.79 Å². The molecule has 0 bridgehead atoms. The fourth-order valence-electron chi connectivity index (χ4n) is 1.80. The molecule has 16 heavy (non-hydrogen) atoms. The molecule has 0 unspecified atom stereocenters. The third kappa shape index (κ3) is 4.68. The van der Waals surface area contributed by atoms with Gasteiger partial charge in [0.1, 0.15) is 0 Å². The first-order chi connectivity index (χ1) is 7.36. The zero-order chi connectivity index (χ0) is 10.5.